The minimum Gasteiger partial charge on any atom is -0.366 e. The summed E-state index contributed by atoms with van der Waals surface area (Å²) in [6.45, 7) is 3.43. The topological polar surface area (TPSA) is 89.4 Å². The van der Waals surface area contributed by atoms with Crippen molar-refractivity contribution in [2.45, 2.75) is 25.8 Å². The average molecular weight is 275 g/mol. The standard InChI is InChI=1S/C15H21N3O2/c1-2-10-9-18(7-6-13(10)16)15(20)12-5-3-4-11(8-12)14(17)19/h3-5,8,10,13H,2,6-7,9,16H2,1H3,(H2,17,19). The lowest BCUT2D eigenvalue weighted by atomic mass is 9.90. The summed E-state index contributed by atoms with van der Waals surface area (Å²) in [4.78, 5) is 25.5. The number of amides is 2. The van der Waals surface area contributed by atoms with Crippen LogP contribution in [0.2, 0.25) is 0 Å². The molecule has 1 fully saturated rings. The molecular formula is C15H21N3O2. The molecule has 0 aromatic heterocycles. The fraction of sp³-hybridized carbons (Fsp3) is 0.467. The van der Waals surface area contributed by atoms with E-state index in [0.717, 1.165) is 12.8 Å². The lowest BCUT2D eigenvalue weighted by Crippen LogP contribution is -2.49. The summed E-state index contributed by atoms with van der Waals surface area (Å²) in [6.07, 6.45) is 1.78. The maximum Gasteiger partial charge on any atom is 0.253 e. The van der Waals surface area contributed by atoms with Crippen molar-refractivity contribution in [1.82, 2.24) is 4.90 Å². The molecule has 1 aliphatic heterocycles. The summed E-state index contributed by atoms with van der Waals surface area (Å²) in [5, 5.41) is 0. The van der Waals surface area contributed by atoms with Crippen molar-refractivity contribution in [1.29, 1.82) is 0 Å². The Morgan fingerprint density at radius 2 is 2.05 bits per heavy atom. The summed E-state index contributed by atoms with van der Waals surface area (Å²) in [5.41, 5.74) is 12.2. The predicted octanol–water partition coefficient (Wildman–Crippen LogP) is 0.985. The van der Waals surface area contributed by atoms with Gasteiger partial charge >= 0.3 is 0 Å². The lowest BCUT2D eigenvalue weighted by Gasteiger charge is -2.36. The molecule has 108 valence electrons. The molecule has 5 heteroatoms. The smallest absolute Gasteiger partial charge is 0.253 e. The van der Waals surface area contributed by atoms with Crippen LogP contribution in [0, 0.1) is 5.92 Å². The Balaban J connectivity index is 2.15. The molecule has 4 N–H and O–H groups in total. The molecule has 1 aliphatic rings. The molecule has 2 rings (SSSR count). The number of nitrogens with two attached hydrogens (primary N) is 2. The monoisotopic (exact) mass is 275 g/mol. The summed E-state index contributed by atoms with van der Waals surface area (Å²) < 4.78 is 0. The fourth-order valence-electron chi connectivity index (χ4n) is 2.65. The Morgan fingerprint density at radius 3 is 2.70 bits per heavy atom. The maximum atomic E-state index is 12.5. The third kappa shape index (κ3) is 2.99. The van der Waals surface area contributed by atoms with E-state index in [-0.39, 0.29) is 11.9 Å². The summed E-state index contributed by atoms with van der Waals surface area (Å²) in [6, 6.07) is 6.73. The van der Waals surface area contributed by atoms with Gasteiger partial charge in [0.05, 0.1) is 0 Å². The molecule has 0 spiro atoms. The molecular weight excluding hydrogens is 254 g/mol. The van der Waals surface area contributed by atoms with E-state index in [4.69, 9.17) is 11.5 Å². The highest BCUT2D eigenvalue weighted by Gasteiger charge is 2.28. The van der Waals surface area contributed by atoms with Crippen LogP contribution >= 0.6 is 0 Å². The highest BCUT2D eigenvalue weighted by Crippen LogP contribution is 2.20. The first-order chi connectivity index (χ1) is 9.52. The zero-order valence-corrected chi connectivity index (χ0v) is 11.7. The first kappa shape index (κ1) is 14.5. The number of hydrogen-bond acceptors (Lipinski definition) is 3. The second-order valence-electron chi connectivity index (χ2n) is 5.32. The number of piperidine rings is 1. The average Bonchev–Trinajstić information content (AvgIpc) is 2.47. The van der Waals surface area contributed by atoms with E-state index in [9.17, 15) is 9.59 Å². The van der Waals surface area contributed by atoms with E-state index in [0.29, 0.717) is 30.1 Å². The van der Waals surface area contributed by atoms with Crippen LogP contribution in [0.5, 0.6) is 0 Å². The van der Waals surface area contributed by atoms with Gasteiger partial charge in [-0.3, -0.25) is 9.59 Å². The molecule has 2 amide bonds. The molecule has 1 aromatic rings. The molecule has 5 nitrogen and oxygen atoms in total. The molecule has 20 heavy (non-hydrogen) atoms. The molecule has 1 aromatic carbocycles. The molecule has 0 radical (unpaired) electrons. The van der Waals surface area contributed by atoms with Crippen LogP contribution in [0.1, 0.15) is 40.5 Å². The Labute approximate surface area is 118 Å². The number of likely N-dealkylation sites (tertiary alicyclic amines) is 1. The van der Waals surface area contributed by atoms with Crippen molar-refractivity contribution in [3.63, 3.8) is 0 Å². The van der Waals surface area contributed by atoms with Gasteiger partial charge in [-0.15, -0.1) is 0 Å². The van der Waals surface area contributed by atoms with Crippen LogP contribution in [0.3, 0.4) is 0 Å². The van der Waals surface area contributed by atoms with Gasteiger partial charge in [0.2, 0.25) is 5.91 Å². The lowest BCUT2D eigenvalue weighted by molar-refractivity contribution is 0.0649. The van der Waals surface area contributed by atoms with Gasteiger partial charge in [-0.25, -0.2) is 0 Å². The Kier molecular flexibility index (Phi) is 4.39. The Hall–Kier alpha value is -1.88. The van der Waals surface area contributed by atoms with Crippen molar-refractivity contribution < 1.29 is 9.59 Å². The quantitative estimate of drug-likeness (QED) is 0.861. The van der Waals surface area contributed by atoms with E-state index in [1.165, 1.54) is 0 Å². The molecule has 0 aliphatic carbocycles. The van der Waals surface area contributed by atoms with Gasteiger partial charge in [-0.1, -0.05) is 19.4 Å². The third-order valence-electron chi connectivity index (χ3n) is 4.00. The normalized spacial score (nSPS) is 22.6. The largest absolute Gasteiger partial charge is 0.366 e. The SMILES string of the molecule is CCC1CN(C(=O)c2cccc(C(N)=O)c2)CCC1N. The fourth-order valence-corrected chi connectivity index (χ4v) is 2.65. The predicted molar refractivity (Wildman–Crippen MR) is 77.2 cm³/mol. The van der Waals surface area contributed by atoms with Gasteiger partial charge in [-0.05, 0) is 30.5 Å². The Morgan fingerprint density at radius 1 is 1.35 bits per heavy atom. The second-order valence-corrected chi connectivity index (χ2v) is 5.32. The Bertz CT molecular complexity index is 516. The minimum absolute atomic E-state index is 0.0570. The van der Waals surface area contributed by atoms with Crippen LogP contribution in [0.15, 0.2) is 24.3 Å². The van der Waals surface area contributed by atoms with Crippen molar-refractivity contribution in [2.75, 3.05) is 13.1 Å². The number of nitrogens with zero attached hydrogens (tertiary/aromatic N) is 1. The first-order valence-corrected chi connectivity index (χ1v) is 6.97. The van der Waals surface area contributed by atoms with E-state index in [1.54, 1.807) is 24.3 Å². The van der Waals surface area contributed by atoms with Crippen LogP contribution in [0.4, 0.5) is 0 Å². The van der Waals surface area contributed by atoms with Crippen LogP contribution in [-0.2, 0) is 0 Å². The molecule has 0 bridgehead atoms. The highest BCUT2D eigenvalue weighted by atomic mass is 16.2. The number of carbonyl (C=O) groups is 2. The zero-order valence-electron chi connectivity index (χ0n) is 11.7. The summed E-state index contributed by atoms with van der Waals surface area (Å²) in [5.74, 6) is -0.239. The molecule has 1 saturated heterocycles. The zero-order chi connectivity index (χ0) is 14.7. The van der Waals surface area contributed by atoms with Crippen LogP contribution < -0.4 is 11.5 Å². The third-order valence-corrected chi connectivity index (χ3v) is 4.00. The first-order valence-electron chi connectivity index (χ1n) is 6.97. The molecule has 0 saturated carbocycles. The molecule has 1 heterocycles. The maximum absolute atomic E-state index is 12.5. The number of carbonyl (C=O) groups excluding carboxylic acids is 2. The second kappa shape index (κ2) is 6.05. The van der Waals surface area contributed by atoms with Crippen LogP contribution in [0.25, 0.3) is 0 Å². The van der Waals surface area contributed by atoms with Gasteiger partial charge in [0.1, 0.15) is 0 Å². The minimum atomic E-state index is -0.522. The summed E-state index contributed by atoms with van der Waals surface area (Å²) in [7, 11) is 0. The number of hydrogen-bond donors (Lipinski definition) is 2. The summed E-state index contributed by atoms with van der Waals surface area (Å²) >= 11 is 0. The van der Waals surface area contributed by atoms with E-state index < -0.39 is 5.91 Å². The number of primary amides is 1. The van der Waals surface area contributed by atoms with Gasteiger partial charge in [0, 0.05) is 30.3 Å². The van der Waals surface area contributed by atoms with Gasteiger partial charge in [-0.2, -0.15) is 0 Å². The van der Waals surface area contributed by atoms with Gasteiger partial charge in [0.15, 0.2) is 0 Å². The van der Waals surface area contributed by atoms with Crippen molar-refractivity contribution in [3.8, 4) is 0 Å². The van der Waals surface area contributed by atoms with Gasteiger partial charge in [0.25, 0.3) is 5.91 Å². The van der Waals surface area contributed by atoms with Crippen LogP contribution in [-0.4, -0.2) is 35.8 Å². The van der Waals surface area contributed by atoms with E-state index >= 15 is 0 Å². The molecule has 2 unspecified atom stereocenters. The van der Waals surface area contributed by atoms with Gasteiger partial charge < -0.3 is 16.4 Å². The number of rotatable bonds is 3. The highest BCUT2D eigenvalue weighted by molar-refractivity contribution is 5.99. The van der Waals surface area contributed by atoms with Crippen molar-refractivity contribution >= 4 is 11.8 Å². The number of benzene rings is 1. The van der Waals surface area contributed by atoms with E-state index in [2.05, 4.69) is 6.92 Å². The molecule has 2 atom stereocenters. The van der Waals surface area contributed by atoms with E-state index in [1.807, 2.05) is 4.90 Å². The van der Waals surface area contributed by atoms with Crippen molar-refractivity contribution in [3.05, 3.63) is 35.4 Å². The van der Waals surface area contributed by atoms with Crippen molar-refractivity contribution in [2.24, 2.45) is 17.4 Å².